The summed E-state index contributed by atoms with van der Waals surface area (Å²) in [6, 6.07) is 7.67. The predicted molar refractivity (Wildman–Crippen MR) is 91.3 cm³/mol. The van der Waals surface area contributed by atoms with E-state index < -0.39 is 36.7 Å². The Balaban J connectivity index is 1.66. The predicted octanol–water partition coefficient (Wildman–Crippen LogP) is 3.69. The summed E-state index contributed by atoms with van der Waals surface area (Å²) in [7, 11) is 0. The molecule has 0 aliphatic rings. The molecule has 0 aliphatic carbocycles. The number of nitrogens with zero attached hydrogens (tertiary/aromatic N) is 5. The number of amides is 1. The average Bonchev–Trinajstić information content (AvgIpc) is 3.24. The molecule has 3 rings (SSSR count). The number of alkyl halides is 4. The van der Waals surface area contributed by atoms with Crippen molar-refractivity contribution in [2.45, 2.75) is 25.9 Å². The summed E-state index contributed by atoms with van der Waals surface area (Å²) in [5.41, 5.74) is -0.822. The lowest BCUT2D eigenvalue weighted by Gasteiger charge is -2.06. The Kier molecular flexibility index (Phi) is 5.93. The highest BCUT2D eigenvalue weighted by molar-refractivity contribution is 6.31. The third kappa shape index (κ3) is 4.66. The third-order valence-electron chi connectivity index (χ3n) is 3.65. The molecule has 0 bridgehead atoms. The van der Waals surface area contributed by atoms with E-state index in [9.17, 15) is 22.4 Å². The molecule has 0 spiro atoms. The topological polar surface area (TPSA) is 77.6 Å². The van der Waals surface area contributed by atoms with E-state index in [4.69, 9.17) is 11.6 Å². The van der Waals surface area contributed by atoms with Crippen LogP contribution < -0.4 is 5.32 Å². The van der Waals surface area contributed by atoms with Crippen molar-refractivity contribution in [1.82, 2.24) is 24.5 Å². The number of rotatable bonds is 7. The second-order valence-electron chi connectivity index (χ2n) is 5.66. The van der Waals surface area contributed by atoms with Gasteiger partial charge in [0, 0.05) is 5.02 Å². The van der Waals surface area contributed by atoms with E-state index in [2.05, 4.69) is 20.5 Å². The second kappa shape index (κ2) is 8.38. The second-order valence-corrected chi connectivity index (χ2v) is 6.07. The van der Waals surface area contributed by atoms with Gasteiger partial charge < -0.3 is 0 Å². The van der Waals surface area contributed by atoms with Crippen LogP contribution in [0.2, 0.25) is 5.02 Å². The van der Waals surface area contributed by atoms with Gasteiger partial charge in [0.2, 0.25) is 11.9 Å². The smallest absolute Gasteiger partial charge is 0.282 e. The highest BCUT2D eigenvalue weighted by Crippen LogP contribution is 2.25. The van der Waals surface area contributed by atoms with Crippen LogP contribution in [-0.4, -0.2) is 30.5 Å². The Labute approximate surface area is 160 Å². The van der Waals surface area contributed by atoms with Crippen LogP contribution in [0.25, 0.3) is 0 Å². The summed E-state index contributed by atoms with van der Waals surface area (Å²) in [6.07, 6.45) is -4.73. The van der Waals surface area contributed by atoms with E-state index in [1.165, 1.54) is 11.0 Å². The van der Waals surface area contributed by atoms with Gasteiger partial charge >= 0.3 is 0 Å². The van der Waals surface area contributed by atoms with Gasteiger partial charge in [0.1, 0.15) is 24.3 Å². The fourth-order valence-corrected chi connectivity index (χ4v) is 2.59. The number of nitrogens with one attached hydrogen (secondary N) is 1. The molecule has 28 heavy (non-hydrogen) atoms. The van der Waals surface area contributed by atoms with E-state index in [1.54, 1.807) is 24.3 Å². The van der Waals surface area contributed by atoms with Gasteiger partial charge in [-0.25, -0.2) is 27.2 Å². The van der Waals surface area contributed by atoms with Gasteiger partial charge in [0.05, 0.1) is 6.54 Å². The molecule has 1 N–H and O–H groups in total. The van der Waals surface area contributed by atoms with Crippen LogP contribution in [0.15, 0.2) is 36.7 Å². The summed E-state index contributed by atoms with van der Waals surface area (Å²) in [6.45, 7) is -0.388. The zero-order valence-corrected chi connectivity index (χ0v) is 14.8. The van der Waals surface area contributed by atoms with Crippen LogP contribution in [0.3, 0.4) is 0 Å². The Hall–Kier alpha value is -2.95. The third-order valence-corrected chi connectivity index (χ3v) is 4.02. The maximum absolute atomic E-state index is 12.9. The van der Waals surface area contributed by atoms with Crippen molar-refractivity contribution >= 4 is 23.5 Å². The van der Waals surface area contributed by atoms with Crippen LogP contribution in [0.1, 0.15) is 29.8 Å². The molecule has 0 aliphatic heterocycles. The highest BCUT2D eigenvalue weighted by Gasteiger charge is 2.22. The Morgan fingerprint density at radius 3 is 2.57 bits per heavy atom. The molecule has 0 saturated carbocycles. The minimum atomic E-state index is -3.05. The van der Waals surface area contributed by atoms with E-state index in [0.29, 0.717) is 22.3 Å². The number of hydrogen-bond donors (Lipinski definition) is 1. The van der Waals surface area contributed by atoms with Crippen molar-refractivity contribution in [3.05, 3.63) is 58.6 Å². The summed E-state index contributed by atoms with van der Waals surface area (Å²) >= 11 is 6.06. The van der Waals surface area contributed by atoms with Crippen LogP contribution in [0, 0.1) is 0 Å². The van der Waals surface area contributed by atoms with Crippen molar-refractivity contribution in [3.63, 3.8) is 0 Å². The van der Waals surface area contributed by atoms with Gasteiger partial charge in [-0.05, 0) is 17.7 Å². The van der Waals surface area contributed by atoms with Crippen molar-refractivity contribution < 1.29 is 22.4 Å². The number of hydrogen-bond acceptors (Lipinski definition) is 4. The Morgan fingerprint density at radius 2 is 1.89 bits per heavy atom. The van der Waals surface area contributed by atoms with Crippen molar-refractivity contribution in [1.29, 1.82) is 0 Å². The van der Waals surface area contributed by atoms with E-state index in [1.807, 2.05) is 0 Å². The Morgan fingerprint density at radius 1 is 1.14 bits per heavy atom. The number of halogens is 5. The first-order valence-corrected chi connectivity index (χ1v) is 8.28. The van der Waals surface area contributed by atoms with Gasteiger partial charge in [-0.15, -0.1) is 5.10 Å². The standard InChI is InChI=1S/C16H13ClF4N6O/c17-10-4-2-1-3-9(10)6-26-8-22-16(25-26)23-13(28)7-27-12(15(20)21)5-11(24-27)14(18)19/h1-5,8,14-15H,6-7H2,(H,23,25,28). The first kappa shape index (κ1) is 19.8. The molecule has 0 atom stereocenters. The lowest BCUT2D eigenvalue weighted by atomic mass is 10.2. The van der Waals surface area contributed by atoms with Gasteiger partial charge in [-0.1, -0.05) is 29.8 Å². The van der Waals surface area contributed by atoms with Crippen LogP contribution in [0.5, 0.6) is 0 Å². The summed E-state index contributed by atoms with van der Waals surface area (Å²) in [5, 5.41) is 10.2. The zero-order valence-electron chi connectivity index (χ0n) is 14.1. The zero-order chi connectivity index (χ0) is 20.3. The molecule has 7 nitrogen and oxygen atoms in total. The fourth-order valence-electron chi connectivity index (χ4n) is 2.39. The van der Waals surface area contributed by atoms with E-state index >= 15 is 0 Å². The number of aromatic nitrogens is 5. The molecule has 1 amide bonds. The van der Waals surface area contributed by atoms with E-state index in [0.717, 1.165) is 5.56 Å². The Bertz CT molecular complexity index is 974. The molecular weight excluding hydrogens is 404 g/mol. The number of carbonyl (C=O) groups excluding carboxylic acids is 1. The first-order valence-electron chi connectivity index (χ1n) is 7.90. The summed E-state index contributed by atoms with van der Waals surface area (Å²) in [4.78, 5) is 15.9. The molecule has 3 aromatic rings. The number of benzene rings is 1. The van der Waals surface area contributed by atoms with E-state index in [-0.39, 0.29) is 5.95 Å². The highest BCUT2D eigenvalue weighted by atomic mass is 35.5. The minimum Gasteiger partial charge on any atom is -0.292 e. The summed E-state index contributed by atoms with van der Waals surface area (Å²) < 4.78 is 53.2. The quantitative estimate of drug-likeness (QED) is 0.596. The fraction of sp³-hybridized carbons (Fsp3) is 0.250. The molecule has 2 heterocycles. The van der Waals surface area contributed by atoms with Gasteiger partial charge in [-0.3, -0.25) is 14.8 Å². The molecule has 12 heteroatoms. The maximum atomic E-state index is 12.9. The normalized spacial score (nSPS) is 11.4. The largest absolute Gasteiger partial charge is 0.292 e. The molecule has 0 radical (unpaired) electrons. The molecule has 1 aromatic carbocycles. The molecule has 0 saturated heterocycles. The molecular formula is C16H13ClF4N6O. The lowest BCUT2D eigenvalue weighted by Crippen LogP contribution is -2.22. The van der Waals surface area contributed by atoms with Gasteiger partial charge in [0.15, 0.2) is 0 Å². The minimum absolute atomic E-state index is 0.0723. The van der Waals surface area contributed by atoms with Crippen molar-refractivity contribution in [2.24, 2.45) is 0 Å². The SMILES string of the molecule is O=C(Cn1nc(C(F)F)cc1C(F)F)Nc1ncn(Cc2ccccc2Cl)n1. The maximum Gasteiger partial charge on any atom is 0.282 e. The molecule has 2 aromatic heterocycles. The average molecular weight is 417 g/mol. The number of carbonyl (C=O) groups is 1. The molecule has 0 fully saturated rings. The molecule has 0 unspecified atom stereocenters. The van der Waals surface area contributed by atoms with Crippen molar-refractivity contribution in [2.75, 3.05) is 5.32 Å². The molecule has 148 valence electrons. The monoisotopic (exact) mass is 416 g/mol. The van der Waals surface area contributed by atoms with Gasteiger partial charge in [0.25, 0.3) is 12.9 Å². The van der Waals surface area contributed by atoms with Crippen LogP contribution in [0.4, 0.5) is 23.5 Å². The van der Waals surface area contributed by atoms with Gasteiger partial charge in [-0.2, -0.15) is 5.10 Å². The van der Waals surface area contributed by atoms with Crippen molar-refractivity contribution in [3.8, 4) is 0 Å². The first-order chi connectivity index (χ1) is 13.3. The number of anilines is 1. The lowest BCUT2D eigenvalue weighted by molar-refractivity contribution is -0.117. The van der Waals surface area contributed by atoms with Crippen LogP contribution >= 0.6 is 11.6 Å². The van der Waals surface area contributed by atoms with Crippen LogP contribution in [-0.2, 0) is 17.9 Å². The summed E-state index contributed by atoms with van der Waals surface area (Å²) in [5.74, 6) is -0.863.